The second-order valence-electron chi connectivity index (χ2n) is 4.42. The molecule has 0 spiro atoms. The standard InChI is InChI=1S/C16H13NO/c1-11-7-8-13-10-15(18)16(17-14(13)9-11)12-5-3-2-4-6-12/h2-10,18H,1H3. The van der Waals surface area contributed by atoms with Crippen LogP contribution in [0, 0.1) is 6.92 Å². The third kappa shape index (κ3) is 1.82. The maximum absolute atomic E-state index is 10.1. The predicted octanol–water partition coefficient (Wildman–Crippen LogP) is 3.92. The van der Waals surface area contributed by atoms with Crippen LogP contribution in [0.3, 0.4) is 0 Å². The third-order valence-corrected chi connectivity index (χ3v) is 3.00. The molecular weight excluding hydrogens is 222 g/mol. The van der Waals surface area contributed by atoms with E-state index in [4.69, 9.17) is 0 Å². The molecular formula is C16H13NO. The molecule has 3 aromatic rings. The zero-order chi connectivity index (χ0) is 12.5. The topological polar surface area (TPSA) is 33.1 Å². The van der Waals surface area contributed by atoms with Gasteiger partial charge in [-0.3, -0.25) is 0 Å². The van der Waals surface area contributed by atoms with Gasteiger partial charge in [0.15, 0.2) is 0 Å². The van der Waals surface area contributed by atoms with Crippen LogP contribution >= 0.6 is 0 Å². The van der Waals surface area contributed by atoms with Crippen molar-refractivity contribution in [1.29, 1.82) is 0 Å². The Morgan fingerprint density at radius 3 is 2.50 bits per heavy atom. The molecule has 0 aliphatic carbocycles. The highest BCUT2D eigenvalue weighted by Crippen LogP contribution is 2.30. The van der Waals surface area contributed by atoms with E-state index in [0.29, 0.717) is 5.69 Å². The number of fused-ring (bicyclic) bond motifs is 1. The summed E-state index contributed by atoms with van der Waals surface area (Å²) in [5.74, 6) is 0.220. The number of rotatable bonds is 1. The normalized spacial score (nSPS) is 10.7. The van der Waals surface area contributed by atoms with Gasteiger partial charge in [0.2, 0.25) is 0 Å². The van der Waals surface area contributed by atoms with Crippen LogP contribution in [0.25, 0.3) is 22.2 Å². The van der Waals surface area contributed by atoms with Gasteiger partial charge < -0.3 is 5.11 Å². The molecule has 1 aromatic heterocycles. The predicted molar refractivity (Wildman–Crippen MR) is 73.6 cm³/mol. The number of benzene rings is 2. The van der Waals surface area contributed by atoms with Gasteiger partial charge >= 0.3 is 0 Å². The number of hydrogen-bond acceptors (Lipinski definition) is 2. The molecule has 0 unspecified atom stereocenters. The van der Waals surface area contributed by atoms with Gasteiger partial charge in [0.05, 0.1) is 5.52 Å². The van der Waals surface area contributed by atoms with E-state index in [2.05, 4.69) is 4.98 Å². The minimum atomic E-state index is 0.220. The fraction of sp³-hybridized carbons (Fsp3) is 0.0625. The summed E-state index contributed by atoms with van der Waals surface area (Å²) in [6, 6.07) is 17.5. The van der Waals surface area contributed by atoms with Gasteiger partial charge in [-0.2, -0.15) is 0 Å². The molecule has 0 aliphatic rings. The van der Waals surface area contributed by atoms with Gasteiger partial charge in [0.1, 0.15) is 11.4 Å². The molecule has 1 N–H and O–H groups in total. The average molecular weight is 235 g/mol. The van der Waals surface area contributed by atoms with E-state index < -0.39 is 0 Å². The molecule has 1 heterocycles. The molecule has 88 valence electrons. The van der Waals surface area contributed by atoms with Crippen molar-refractivity contribution in [2.75, 3.05) is 0 Å². The highest BCUT2D eigenvalue weighted by Gasteiger charge is 2.07. The second kappa shape index (κ2) is 4.15. The lowest BCUT2D eigenvalue weighted by Crippen LogP contribution is -1.87. The van der Waals surface area contributed by atoms with E-state index in [1.807, 2.05) is 55.5 Å². The first-order chi connectivity index (χ1) is 8.74. The SMILES string of the molecule is Cc1ccc2cc(O)c(-c3ccccc3)nc2c1. The summed E-state index contributed by atoms with van der Waals surface area (Å²) in [6.45, 7) is 2.04. The van der Waals surface area contributed by atoms with E-state index in [0.717, 1.165) is 16.5 Å². The fourth-order valence-corrected chi connectivity index (χ4v) is 2.07. The summed E-state index contributed by atoms with van der Waals surface area (Å²) in [6.07, 6.45) is 0. The third-order valence-electron chi connectivity index (χ3n) is 3.00. The van der Waals surface area contributed by atoms with Crippen molar-refractivity contribution in [2.45, 2.75) is 6.92 Å². The summed E-state index contributed by atoms with van der Waals surface area (Å²) in [7, 11) is 0. The number of aromatic nitrogens is 1. The van der Waals surface area contributed by atoms with Gasteiger partial charge in [-0.15, -0.1) is 0 Å². The van der Waals surface area contributed by atoms with Crippen LogP contribution < -0.4 is 0 Å². The van der Waals surface area contributed by atoms with Crippen LogP contribution in [-0.4, -0.2) is 10.1 Å². The van der Waals surface area contributed by atoms with Gasteiger partial charge in [0.25, 0.3) is 0 Å². The van der Waals surface area contributed by atoms with E-state index in [1.165, 1.54) is 5.56 Å². The maximum Gasteiger partial charge on any atom is 0.142 e. The molecule has 0 radical (unpaired) electrons. The smallest absolute Gasteiger partial charge is 0.142 e. The van der Waals surface area contributed by atoms with Crippen LogP contribution in [0.15, 0.2) is 54.6 Å². The molecule has 18 heavy (non-hydrogen) atoms. The molecule has 2 heteroatoms. The van der Waals surface area contributed by atoms with Crippen molar-refractivity contribution < 1.29 is 5.11 Å². The number of pyridine rings is 1. The molecule has 0 amide bonds. The van der Waals surface area contributed by atoms with Crippen molar-refractivity contribution in [3.8, 4) is 17.0 Å². The zero-order valence-corrected chi connectivity index (χ0v) is 10.1. The highest BCUT2D eigenvalue weighted by molar-refractivity contribution is 5.85. The number of aryl methyl sites for hydroxylation is 1. The Morgan fingerprint density at radius 2 is 1.72 bits per heavy atom. The van der Waals surface area contributed by atoms with Crippen molar-refractivity contribution >= 4 is 10.9 Å². The maximum atomic E-state index is 10.1. The van der Waals surface area contributed by atoms with Gasteiger partial charge in [0, 0.05) is 10.9 Å². The first-order valence-electron chi connectivity index (χ1n) is 5.90. The van der Waals surface area contributed by atoms with E-state index in [1.54, 1.807) is 6.07 Å². The minimum absolute atomic E-state index is 0.220. The Hall–Kier alpha value is -2.35. The number of nitrogens with zero attached hydrogens (tertiary/aromatic N) is 1. The van der Waals surface area contributed by atoms with Crippen molar-refractivity contribution in [3.63, 3.8) is 0 Å². The Kier molecular flexibility index (Phi) is 2.49. The summed E-state index contributed by atoms with van der Waals surface area (Å²) in [5, 5.41) is 11.0. The summed E-state index contributed by atoms with van der Waals surface area (Å²) >= 11 is 0. The van der Waals surface area contributed by atoms with Gasteiger partial charge in [-0.05, 0) is 24.6 Å². The lowest BCUT2D eigenvalue weighted by Gasteiger charge is -2.06. The largest absolute Gasteiger partial charge is 0.506 e. The van der Waals surface area contributed by atoms with Crippen molar-refractivity contribution in [3.05, 3.63) is 60.2 Å². The average Bonchev–Trinajstić information content (AvgIpc) is 2.39. The van der Waals surface area contributed by atoms with E-state index in [9.17, 15) is 5.11 Å². The summed E-state index contributed by atoms with van der Waals surface area (Å²) < 4.78 is 0. The van der Waals surface area contributed by atoms with Crippen LogP contribution in [0.4, 0.5) is 0 Å². The summed E-state index contributed by atoms with van der Waals surface area (Å²) in [5.41, 5.74) is 3.64. The molecule has 0 aliphatic heterocycles. The number of aromatic hydroxyl groups is 1. The molecule has 2 aromatic carbocycles. The Morgan fingerprint density at radius 1 is 0.944 bits per heavy atom. The first-order valence-corrected chi connectivity index (χ1v) is 5.90. The van der Waals surface area contributed by atoms with Crippen molar-refractivity contribution in [2.24, 2.45) is 0 Å². The van der Waals surface area contributed by atoms with Crippen LogP contribution in [0.1, 0.15) is 5.56 Å². The Balaban J connectivity index is 2.27. The van der Waals surface area contributed by atoms with Gasteiger partial charge in [-0.25, -0.2) is 4.98 Å². The highest BCUT2D eigenvalue weighted by atomic mass is 16.3. The molecule has 3 rings (SSSR count). The van der Waals surface area contributed by atoms with Crippen LogP contribution in [0.5, 0.6) is 5.75 Å². The first kappa shape index (κ1) is 10.8. The van der Waals surface area contributed by atoms with Gasteiger partial charge in [-0.1, -0.05) is 42.5 Å². The summed E-state index contributed by atoms with van der Waals surface area (Å²) in [4.78, 5) is 4.56. The van der Waals surface area contributed by atoms with Crippen LogP contribution in [0.2, 0.25) is 0 Å². The molecule has 0 atom stereocenters. The lowest BCUT2D eigenvalue weighted by molar-refractivity contribution is 0.476. The second-order valence-corrected chi connectivity index (χ2v) is 4.42. The monoisotopic (exact) mass is 235 g/mol. The minimum Gasteiger partial charge on any atom is -0.506 e. The lowest BCUT2D eigenvalue weighted by atomic mass is 10.1. The van der Waals surface area contributed by atoms with Crippen molar-refractivity contribution in [1.82, 2.24) is 4.98 Å². The zero-order valence-electron chi connectivity index (χ0n) is 10.1. The molecule has 2 nitrogen and oxygen atoms in total. The molecule has 0 saturated heterocycles. The molecule has 0 bridgehead atoms. The Bertz CT molecular complexity index is 705. The quantitative estimate of drug-likeness (QED) is 0.693. The van der Waals surface area contributed by atoms with E-state index >= 15 is 0 Å². The Labute approximate surface area is 106 Å². The number of hydrogen-bond donors (Lipinski definition) is 1. The fourth-order valence-electron chi connectivity index (χ4n) is 2.07. The molecule has 0 saturated carbocycles. The van der Waals surface area contributed by atoms with Crippen LogP contribution in [-0.2, 0) is 0 Å². The molecule has 0 fully saturated rings. The van der Waals surface area contributed by atoms with E-state index in [-0.39, 0.29) is 5.75 Å².